The Balaban J connectivity index is 1.49. The van der Waals surface area contributed by atoms with Crippen LogP contribution in [0.15, 0.2) is 60.7 Å². The molecule has 2 aromatic rings. The SMILES string of the molecule is NC1NNC(C(=O)N2CCCC(C(=O)c3ccccc3)C2)C1c1ccccc1. The number of carbonyl (C=O) groups excluding carboxylic acids is 2. The molecule has 6 nitrogen and oxygen atoms in total. The molecule has 2 aliphatic rings. The average Bonchev–Trinajstić information content (AvgIpc) is 3.15. The third-order valence-corrected chi connectivity index (χ3v) is 5.76. The van der Waals surface area contributed by atoms with Crippen LogP contribution in [-0.2, 0) is 4.79 Å². The van der Waals surface area contributed by atoms with Gasteiger partial charge in [0.2, 0.25) is 5.91 Å². The number of ketones is 1. The van der Waals surface area contributed by atoms with Crippen molar-refractivity contribution in [3.8, 4) is 0 Å². The second kappa shape index (κ2) is 8.22. The van der Waals surface area contributed by atoms with E-state index in [0.29, 0.717) is 18.7 Å². The van der Waals surface area contributed by atoms with Gasteiger partial charge in [-0.15, -0.1) is 0 Å². The first-order valence-electron chi connectivity index (χ1n) is 9.85. The molecule has 6 heteroatoms. The van der Waals surface area contributed by atoms with Crippen molar-refractivity contribution in [2.75, 3.05) is 13.1 Å². The van der Waals surface area contributed by atoms with Crippen molar-refractivity contribution < 1.29 is 9.59 Å². The van der Waals surface area contributed by atoms with Crippen LogP contribution in [0, 0.1) is 5.92 Å². The molecular formula is C22H26N4O2. The highest BCUT2D eigenvalue weighted by Crippen LogP contribution is 2.28. The van der Waals surface area contributed by atoms with Crippen molar-refractivity contribution in [1.82, 2.24) is 15.8 Å². The second-order valence-electron chi connectivity index (χ2n) is 7.58. The molecule has 0 spiro atoms. The molecular weight excluding hydrogens is 352 g/mol. The van der Waals surface area contributed by atoms with Gasteiger partial charge in [0, 0.05) is 30.5 Å². The number of rotatable bonds is 4. The molecule has 0 radical (unpaired) electrons. The van der Waals surface area contributed by atoms with Gasteiger partial charge in [-0.3, -0.25) is 9.59 Å². The number of hydrogen-bond acceptors (Lipinski definition) is 5. The molecule has 2 aliphatic heterocycles. The van der Waals surface area contributed by atoms with E-state index in [-0.39, 0.29) is 29.7 Å². The van der Waals surface area contributed by atoms with Crippen LogP contribution >= 0.6 is 0 Å². The van der Waals surface area contributed by atoms with Crippen molar-refractivity contribution >= 4 is 11.7 Å². The summed E-state index contributed by atoms with van der Waals surface area (Å²) in [7, 11) is 0. The van der Waals surface area contributed by atoms with Crippen molar-refractivity contribution in [2.24, 2.45) is 11.7 Å². The van der Waals surface area contributed by atoms with E-state index in [1.165, 1.54) is 0 Å². The molecule has 0 bridgehead atoms. The molecule has 0 aromatic heterocycles. The zero-order valence-corrected chi connectivity index (χ0v) is 15.8. The summed E-state index contributed by atoms with van der Waals surface area (Å²) in [6.07, 6.45) is 1.30. The molecule has 4 rings (SSSR count). The van der Waals surface area contributed by atoms with Gasteiger partial charge >= 0.3 is 0 Å². The van der Waals surface area contributed by atoms with Crippen LogP contribution in [0.5, 0.6) is 0 Å². The fourth-order valence-electron chi connectivity index (χ4n) is 4.29. The van der Waals surface area contributed by atoms with Gasteiger partial charge in [-0.05, 0) is 18.4 Å². The normalized spacial score (nSPS) is 27.5. The molecule has 0 aliphatic carbocycles. The standard InChI is InChI=1S/C22H26N4O2/c23-21-18(15-8-3-1-4-9-15)19(24-25-21)22(28)26-13-7-12-17(14-26)20(27)16-10-5-2-6-11-16/h1-6,8-11,17-19,21,24-25H,7,12-14,23H2. The number of Topliss-reactive ketones (excluding diaryl/α,β-unsaturated/α-hetero) is 1. The van der Waals surface area contributed by atoms with E-state index < -0.39 is 6.04 Å². The van der Waals surface area contributed by atoms with E-state index in [4.69, 9.17) is 5.73 Å². The molecule has 4 N–H and O–H groups in total. The van der Waals surface area contributed by atoms with Crippen molar-refractivity contribution in [2.45, 2.75) is 31.0 Å². The maximum absolute atomic E-state index is 13.3. The third kappa shape index (κ3) is 3.71. The Morgan fingerprint density at radius 2 is 1.64 bits per heavy atom. The molecule has 28 heavy (non-hydrogen) atoms. The Hall–Kier alpha value is -2.54. The topological polar surface area (TPSA) is 87.5 Å². The van der Waals surface area contributed by atoms with Crippen molar-refractivity contribution in [3.05, 3.63) is 71.8 Å². The smallest absolute Gasteiger partial charge is 0.241 e. The first-order valence-corrected chi connectivity index (χ1v) is 9.85. The summed E-state index contributed by atoms with van der Waals surface area (Å²) in [5.74, 6) is -0.191. The number of amides is 1. The van der Waals surface area contributed by atoms with E-state index >= 15 is 0 Å². The molecule has 2 aromatic carbocycles. The number of piperidine rings is 1. The lowest BCUT2D eigenvalue weighted by atomic mass is 9.87. The van der Waals surface area contributed by atoms with Gasteiger partial charge in [0.05, 0.1) is 6.17 Å². The van der Waals surface area contributed by atoms with Crippen LogP contribution in [0.1, 0.15) is 34.7 Å². The van der Waals surface area contributed by atoms with Gasteiger partial charge in [0.25, 0.3) is 0 Å². The number of carbonyl (C=O) groups is 2. The van der Waals surface area contributed by atoms with Gasteiger partial charge < -0.3 is 10.6 Å². The molecule has 4 unspecified atom stereocenters. The van der Waals surface area contributed by atoms with Gasteiger partial charge in [0.1, 0.15) is 6.04 Å². The van der Waals surface area contributed by atoms with E-state index in [1.54, 1.807) is 0 Å². The molecule has 146 valence electrons. The Labute approximate surface area is 165 Å². The number of nitrogens with zero attached hydrogens (tertiary/aromatic N) is 1. The van der Waals surface area contributed by atoms with Crippen LogP contribution in [0.25, 0.3) is 0 Å². The zero-order chi connectivity index (χ0) is 19.5. The number of hydrazine groups is 1. The highest BCUT2D eigenvalue weighted by atomic mass is 16.2. The van der Waals surface area contributed by atoms with Crippen LogP contribution in [0.2, 0.25) is 0 Å². The summed E-state index contributed by atoms with van der Waals surface area (Å²) in [6, 6.07) is 18.8. The van der Waals surface area contributed by atoms with E-state index in [9.17, 15) is 9.59 Å². The van der Waals surface area contributed by atoms with Crippen LogP contribution in [-0.4, -0.2) is 41.9 Å². The minimum Gasteiger partial charge on any atom is -0.341 e. The number of nitrogens with two attached hydrogens (primary N) is 1. The monoisotopic (exact) mass is 378 g/mol. The maximum Gasteiger partial charge on any atom is 0.241 e. The first-order chi connectivity index (χ1) is 13.6. The van der Waals surface area contributed by atoms with Crippen molar-refractivity contribution in [3.63, 3.8) is 0 Å². The predicted molar refractivity (Wildman–Crippen MR) is 107 cm³/mol. The minimum atomic E-state index is -0.442. The van der Waals surface area contributed by atoms with Gasteiger partial charge in [-0.1, -0.05) is 60.7 Å². The first kappa shape index (κ1) is 18.8. The van der Waals surface area contributed by atoms with Crippen LogP contribution < -0.4 is 16.6 Å². The zero-order valence-electron chi connectivity index (χ0n) is 15.8. The van der Waals surface area contributed by atoms with E-state index in [2.05, 4.69) is 10.9 Å². The van der Waals surface area contributed by atoms with Gasteiger partial charge in [0.15, 0.2) is 5.78 Å². The lowest BCUT2D eigenvalue weighted by molar-refractivity contribution is -0.135. The Kier molecular flexibility index (Phi) is 5.52. The van der Waals surface area contributed by atoms with Crippen LogP contribution in [0.3, 0.4) is 0 Å². The fourth-order valence-corrected chi connectivity index (χ4v) is 4.29. The number of nitrogens with one attached hydrogen (secondary N) is 2. The molecule has 2 fully saturated rings. The molecule has 1 amide bonds. The largest absolute Gasteiger partial charge is 0.341 e. The summed E-state index contributed by atoms with van der Waals surface area (Å²) in [4.78, 5) is 28.0. The molecule has 4 atom stereocenters. The minimum absolute atomic E-state index is 0.000125. The Morgan fingerprint density at radius 1 is 0.964 bits per heavy atom. The lowest BCUT2D eigenvalue weighted by Crippen LogP contribution is -2.51. The number of hydrogen-bond donors (Lipinski definition) is 3. The van der Waals surface area contributed by atoms with Crippen LogP contribution in [0.4, 0.5) is 0 Å². The third-order valence-electron chi connectivity index (χ3n) is 5.76. The second-order valence-corrected chi connectivity index (χ2v) is 7.58. The maximum atomic E-state index is 13.3. The van der Waals surface area contributed by atoms with E-state index in [0.717, 1.165) is 18.4 Å². The summed E-state index contributed by atoms with van der Waals surface area (Å²) in [5.41, 5.74) is 14.1. The highest BCUT2D eigenvalue weighted by Gasteiger charge is 2.42. The van der Waals surface area contributed by atoms with Gasteiger partial charge in [-0.25, -0.2) is 10.9 Å². The Bertz CT molecular complexity index is 827. The van der Waals surface area contributed by atoms with Crippen molar-refractivity contribution in [1.29, 1.82) is 0 Å². The lowest BCUT2D eigenvalue weighted by Gasteiger charge is -2.35. The molecule has 2 heterocycles. The van der Waals surface area contributed by atoms with Gasteiger partial charge in [-0.2, -0.15) is 0 Å². The quantitative estimate of drug-likeness (QED) is 0.704. The summed E-state index contributed by atoms with van der Waals surface area (Å²) < 4.78 is 0. The molecule has 0 saturated carbocycles. The van der Waals surface area contributed by atoms with E-state index in [1.807, 2.05) is 65.6 Å². The fraction of sp³-hybridized carbons (Fsp3) is 0.364. The predicted octanol–water partition coefficient (Wildman–Crippen LogP) is 1.65. The summed E-state index contributed by atoms with van der Waals surface area (Å²) in [5, 5.41) is 0. The number of likely N-dealkylation sites (tertiary alicyclic amines) is 1. The highest BCUT2D eigenvalue weighted by molar-refractivity contribution is 5.98. The summed E-state index contributed by atoms with van der Waals surface area (Å²) in [6.45, 7) is 1.13. The summed E-state index contributed by atoms with van der Waals surface area (Å²) >= 11 is 0. The molecule has 2 saturated heterocycles. The Morgan fingerprint density at radius 3 is 2.36 bits per heavy atom. The number of benzene rings is 2. The average molecular weight is 378 g/mol.